The van der Waals surface area contributed by atoms with Crippen molar-refractivity contribution in [2.45, 2.75) is 64.5 Å². The number of nitrogens with one attached hydrogen (secondary N) is 1. The minimum Gasteiger partial charge on any atom is -0.349 e. The predicted octanol–water partition coefficient (Wildman–Crippen LogP) is 3.29. The van der Waals surface area contributed by atoms with Crippen LogP contribution in [-0.2, 0) is 10.2 Å². The zero-order chi connectivity index (χ0) is 15.6. The normalized spacial score (nSPS) is 23.9. The van der Waals surface area contributed by atoms with Gasteiger partial charge in [0.05, 0.1) is 12.0 Å². The van der Waals surface area contributed by atoms with E-state index in [2.05, 4.69) is 50.4 Å². The lowest BCUT2D eigenvalue weighted by molar-refractivity contribution is -0.125. The lowest BCUT2D eigenvalue weighted by atomic mass is 9.86. The summed E-state index contributed by atoms with van der Waals surface area (Å²) in [4.78, 5) is 12.3. The molecule has 1 aliphatic rings. The van der Waals surface area contributed by atoms with Gasteiger partial charge < -0.3 is 11.1 Å². The highest BCUT2D eigenvalue weighted by Crippen LogP contribution is 2.26. The van der Waals surface area contributed by atoms with E-state index in [1.165, 1.54) is 5.56 Å². The van der Waals surface area contributed by atoms with Crippen molar-refractivity contribution in [3.63, 3.8) is 0 Å². The van der Waals surface area contributed by atoms with Gasteiger partial charge in [0, 0.05) is 6.04 Å². The molecule has 1 saturated carbocycles. The zero-order valence-electron chi connectivity index (χ0n) is 13.6. The summed E-state index contributed by atoms with van der Waals surface area (Å²) >= 11 is 0. The Labute approximate surface area is 128 Å². The monoisotopic (exact) mass is 288 g/mol. The second-order valence-corrected chi connectivity index (χ2v) is 7.30. The molecule has 0 aromatic heterocycles. The molecule has 3 heteroatoms. The zero-order valence-corrected chi connectivity index (χ0v) is 13.6. The van der Waals surface area contributed by atoms with Gasteiger partial charge in [0.25, 0.3) is 0 Å². The number of nitrogens with two attached hydrogens (primary N) is 1. The standard InChI is InChI=1S/C18H28N2O/c1-12(20-17(21)15-6-5-7-16(15)19)13-8-10-14(11-9-13)18(2,3)4/h8-12,15-16H,5-7,19H2,1-4H3,(H,20,21). The molecule has 1 amide bonds. The molecule has 2 rings (SSSR count). The highest BCUT2D eigenvalue weighted by atomic mass is 16.2. The first-order valence-corrected chi connectivity index (χ1v) is 7.95. The molecule has 0 spiro atoms. The van der Waals surface area contributed by atoms with E-state index in [1.54, 1.807) is 0 Å². The lowest BCUT2D eigenvalue weighted by Gasteiger charge is -2.22. The van der Waals surface area contributed by atoms with Crippen molar-refractivity contribution in [3.8, 4) is 0 Å². The van der Waals surface area contributed by atoms with Crippen LogP contribution in [0.3, 0.4) is 0 Å². The number of carbonyl (C=O) groups excluding carboxylic acids is 1. The highest BCUT2D eigenvalue weighted by Gasteiger charge is 2.30. The maximum absolute atomic E-state index is 12.3. The number of rotatable bonds is 3. The molecule has 3 unspecified atom stereocenters. The number of carbonyl (C=O) groups is 1. The van der Waals surface area contributed by atoms with Crippen LogP contribution in [0.25, 0.3) is 0 Å². The van der Waals surface area contributed by atoms with Gasteiger partial charge in [-0.1, -0.05) is 51.5 Å². The molecule has 3 atom stereocenters. The van der Waals surface area contributed by atoms with E-state index >= 15 is 0 Å². The van der Waals surface area contributed by atoms with Crippen LogP contribution in [0.2, 0.25) is 0 Å². The third-order valence-electron chi connectivity index (χ3n) is 4.54. The topological polar surface area (TPSA) is 55.1 Å². The first-order chi connectivity index (χ1) is 9.79. The predicted molar refractivity (Wildman–Crippen MR) is 87.0 cm³/mol. The van der Waals surface area contributed by atoms with Gasteiger partial charge in [-0.25, -0.2) is 0 Å². The summed E-state index contributed by atoms with van der Waals surface area (Å²) in [5, 5.41) is 3.11. The van der Waals surface area contributed by atoms with Crippen molar-refractivity contribution >= 4 is 5.91 Å². The van der Waals surface area contributed by atoms with Crippen LogP contribution in [0, 0.1) is 5.92 Å². The van der Waals surface area contributed by atoms with E-state index in [9.17, 15) is 4.79 Å². The van der Waals surface area contributed by atoms with Gasteiger partial charge in [0.2, 0.25) is 5.91 Å². The first-order valence-electron chi connectivity index (χ1n) is 7.95. The van der Waals surface area contributed by atoms with E-state index in [4.69, 9.17) is 5.73 Å². The Bertz CT molecular complexity index is 487. The molecule has 3 nitrogen and oxygen atoms in total. The minimum atomic E-state index is -0.0127. The Morgan fingerprint density at radius 1 is 1.24 bits per heavy atom. The SMILES string of the molecule is CC(NC(=O)C1CCCC1N)c1ccc(C(C)(C)C)cc1. The second kappa shape index (κ2) is 6.18. The number of benzene rings is 1. The van der Waals surface area contributed by atoms with Crippen molar-refractivity contribution in [1.82, 2.24) is 5.32 Å². The highest BCUT2D eigenvalue weighted by molar-refractivity contribution is 5.80. The van der Waals surface area contributed by atoms with Crippen LogP contribution >= 0.6 is 0 Å². The summed E-state index contributed by atoms with van der Waals surface area (Å²) < 4.78 is 0. The van der Waals surface area contributed by atoms with Crippen LogP contribution in [0.4, 0.5) is 0 Å². The molecule has 0 heterocycles. The third kappa shape index (κ3) is 3.85. The number of amides is 1. The Balaban J connectivity index is 2.00. The Morgan fingerprint density at radius 2 is 1.86 bits per heavy atom. The van der Waals surface area contributed by atoms with Gasteiger partial charge >= 0.3 is 0 Å². The van der Waals surface area contributed by atoms with Crippen LogP contribution in [0.1, 0.15) is 64.1 Å². The van der Waals surface area contributed by atoms with E-state index in [1.807, 2.05) is 6.92 Å². The van der Waals surface area contributed by atoms with Crippen LogP contribution in [-0.4, -0.2) is 11.9 Å². The minimum absolute atomic E-state index is 0.0127. The van der Waals surface area contributed by atoms with Crippen molar-refractivity contribution in [3.05, 3.63) is 35.4 Å². The average molecular weight is 288 g/mol. The van der Waals surface area contributed by atoms with Crippen LogP contribution < -0.4 is 11.1 Å². The summed E-state index contributed by atoms with van der Waals surface area (Å²) in [7, 11) is 0. The Kier molecular flexibility index (Phi) is 4.72. The quantitative estimate of drug-likeness (QED) is 0.896. The molecule has 0 radical (unpaired) electrons. The molecule has 21 heavy (non-hydrogen) atoms. The van der Waals surface area contributed by atoms with Crippen molar-refractivity contribution in [1.29, 1.82) is 0 Å². The van der Waals surface area contributed by atoms with Crippen LogP contribution in [0.5, 0.6) is 0 Å². The second-order valence-electron chi connectivity index (χ2n) is 7.30. The molecule has 3 N–H and O–H groups in total. The summed E-state index contributed by atoms with van der Waals surface area (Å²) in [6.07, 6.45) is 2.95. The molecular weight excluding hydrogens is 260 g/mol. The molecule has 1 aromatic carbocycles. The first kappa shape index (κ1) is 16.0. The molecule has 1 aromatic rings. The summed E-state index contributed by atoms with van der Waals surface area (Å²) in [5.74, 6) is 0.0914. The molecular formula is C18H28N2O. The largest absolute Gasteiger partial charge is 0.349 e. The summed E-state index contributed by atoms with van der Waals surface area (Å²) in [6.45, 7) is 8.64. The molecule has 1 aliphatic carbocycles. The van der Waals surface area contributed by atoms with Crippen molar-refractivity contribution in [2.75, 3.05) is 0 Å². The third-order valence-corrected chi connectivity index (χ3v) is 4.54. The Morgan fingerprint density at radius 3 is 2.33 bits per heavy atom. The van der Waals surface area contributed by atoms with Gasteiger partial charge in [-0.05, 0) is 36.3 Å². The van der Waals surface area contributed by atoms with E-state index in [-0.39, 0.29) is 29.3 Å². The smallest absolute Gasteiger partial charge is 0.225 e. The summed E-state index contributed by atoms with van der Waals surface area (Å²) in [5.41, 5.74) is 8.61. The van der Waals surface area contributed by atoms with Gasteiger partial charge in [-0.2, -0.15) is 0 Å². The average Bonchev–Trinajstić information content (AvgIpc) is 2.84. The van der Waals surface area contributed by atoms with E-state index < -0.39 is 0 Å². The fourth-order valence-electron chi connectivity index (χ4n) is 2.99. The molecule has 0 bridgehead atoms. The number of hydrogen-bond donors (Lipinski definition) is 2. The fraction of sp³-hybridized carbons (Fsp3) is 0.611. The molecule has 0 aliphatic heterocycles. The van der Waals surface area contributed by atoms with Crippen LogP contribution in [0.15, 0.2) is 24.3 Å². The maximum Gasteiger partial charge on any atom is 0.225 e. The fourth-order valence-corrected chi connectivity index (χ4v) is 2.99. The molecule has 0 saturated heterocycles. The molecule has 116 valence electrons. The van der Waals surface area contributed by atoms with Crippen molar-refractivity contribution < 1.29 is 4.79 Å². The van der Waals surface area contributed by atoms with Gasteiger partial charge in [0.15, 0.2) is 0 Å². The van der Waals surface area contributed by atoms with Gasteiger partial charge in [0.1, 0.15) is 0 Å². The molecule has 1 fully saturated rings. The Hall–Kier alpha value is -1.35. The van der Waals surface area contributed by atoms with E-state index in [0.29, 0.717) is 0 Å². The lowest BCUT2D eigenvalue weighted by Crippen LogP contribution is -2.39. The maximum atomic E-state index is 12.3. The summed E-state index contributed by atoms with van der Waals surface area (Å²) in [6, 6.07) is 8.58. The number of hydrogen-bond acceptors (Lipinski definition) is 2. The van der Waals surface area contributed by atoms with Crippen molar-refractivity contribution in [2.24, 2.45) is 11.7 Å². The van der Waals surface area contributed by atoms with E-state index in [0.717, 1.165) is 24.8 Å². The van der Waals surface area contributed by atoms with Gasteiger partial charge in [-0.3, -0.25) is 4.79 Å². The van der Waals surface area contributed by atoms with Gasteiger partial charge in [-0.15, -0.1) is 0 Å².